The fourth-order valence-electron chi connectivity index (χ4n) is 11.1. The number of hydrogen-bond donors (Lipinski definition) is 2. The highest BCUT2D eigenvalue weighted by Gasteiger charge is 2.53. The average molecular weight is 872 g/mol. The molecule has 63 heavy (non-hydrogen) atoms. The molecule has 3 aromatic carbocycles. The van der Waals surface area contributed by atoms with E-state index < -0.39 is 12.1 Å². The Morgan fingerprint density at radius 1 is 0.889 bits per heavy atom. The number of thiazole rings is 1. The summed E-state index contributed by atoms with van der Waals surface area (Å²) in [6.07, 6.45) is 4.46. The average Bonchev–Trinajstić information content (AvgIpc) is 4.01. The van der Waals surface area contributed by atoms with Gasteiger partial charge in [-0.15, -0.1) is 11.3 Å². The maximum absolute atomic E-state index is 14.4. The largest absolute Gasteiger partial charge is 0.369 e. The van der Waals surface area contributed by atoms with Gasteiger partial charge in [0.2, 0.25) is 11.8 Å². The van der Waals surface area contributed by atoms with E-state index in [9.17, 15) is 19.2 Å². The van der Waals surface area contributed by atoms with E-state index in [-0.39, 0.29) is 46.4 Å². The van der Waals surface area contributed by atoms with Gasteiger partial charge < -0.3 is 25.3 Å². The maximum Gasteiger partial charge on any atom is 0.255 e. The highest BCUT2D eigenvalue weighted by Crippen LogP contribution is 2.53. The van der Waals surface area contributed by atoms with Crippen molar-refractivity contribution in [3.8, 4) is 10.4 Å². The van der Waals surface area contributed by atoms with Crippen LogP contribution in [0.25, 0.3) is 10.4 Å². The summed E-state index contributed by atoms with van der Waals surface area (Å²) < 4.78 is 0. The summed E-state index contributed by atoms with van der Waals surface area (Å²) in [7, 11) is 0. The fourth-order valence-corrected chi connectivity index (χ4v) is 11.9. The van der Waals surface area contributed by atoms with E-state index in [0.29, 0.717) is 31.6 Å². The molecular formula is C51H65N7O4S. The number of hydrogen-bond acceptors (Lipinski definition) is 8. The molecule has 0 unspecified atom stereocenters. The molecule has 1 saturated carbocycles. The van der Waals surface area contributed by atoms with Crippen molar-refractivity contribution >= 4 is 40.7 Å². The number of fused-ring (bicyclic) bond motifs is 1. The Morgan fingerprint density at radius 2 is 1.59 bits per heavy atom. The van der Waals surface area contributed by atoms with Crippen LogP contribution in [0.3, 0.4) is 0 Å². The van der Waals surface area contributed by atoms with Gasteiger partial charge >= 0.3 is 0 Å². The summed E-state index contributed by atoms with van der Waals surface area (Å²) in [5.74, 6) is -0.542. The van der Waals surface area contributed by atoms with Gasteiger partial charge in [0.25, 0.3) is 11.8 Å². The second-order valence-corrected chi connectivity index (χ2v) is 20.9. The molecule has 8 rings (SSSR count). The molecule has 1 aromatic heterocycles. The first-order valence-electron chi connectivity index (χ1n) is 23.0. The van der Waals surface area contributed by atoms with Crippen molar-refractivity contribution in [1.29, 1.82) is 0 Å². The van der Waals surface area contributed by atoms with Gasteiger partial charge in [-0.25, -0.2) is 4.98 Å². The molecule has 2 N–H and O–H groups in total. The topological polar surface area (TPSA) is 118 Å². The Bertz CT molecular complexity index is 2300. The number of likely N-dealkylation sites (tertiary alicyclic amines) is 1. The number of aromatic nitrogens is 1. The van der Waals surface area contributed by atoms with Crippen molar-refractivity contribution in [2.75, 3.05) is 44.2 Å². The molecule has 12 heteroatoms. The second-order valence-electron chi connectivity index (χ2n) is 20.0. The summed E-state index contributed by atoms with van der Waals surface area (Å²) in [6, 6.07) is 21.4. The number of benzene rings is 3. The monoisotopic (exact) mass is 871 g/mol. The molecular weight excluding hydrogens is 807 g/mol. The van der Waals surface area contributed by atoms with E-state index >= 15 is 0 Å². The minimum Gasteiger partial charge on any atom is -0.369 e. The quantitative estimate of drug-likeness (QED) is 0.133. The predicted molar refractivity (Wildman–Crippen MR) is 251 cm³/mol. The van der Waals surface area contributed by atoms with Gasteiger partial charge in [0, 0.05) is 68.7 Å². The molecule has 11 nitrogen and oxygen atoms in total. The van der Waals surface area contributed by atoms with Crippen molar-refractivity contribution in [2.45, 2.75) is 112 Å². The smallest absolute Gasteiger partial charge is 0.255 e. The van der Waals surface area contributed by atoms with E-state index in [2.05, 4.69) is 89.5 Å². The molecule has 2 atom stereocenters. The van der Waals surface area contributed by atoms with E-state index in [1.54, 1.807) is 21.1 Å². The zero-order valence-electron chi connectivity index (χ0n) is 38.2. The lowest BCUT2D eigenvalue weighted by Crippen LogP contribution is -2.63. The van der Waals surface area contributed by atoms with Gasteiger partial charge in [-0.05, 0) is 109 Å². The van der Waals surface area contributed by atoms with Gasteiger partial charge in [0.1, 0.15) is 12.1 Å². The van der Waals surface area contributed by atoms with Crippen molar-refractivity contribution in [3.63, 3.8) is 0 Å². The molecule has 0 bridgehead atoms. The van der Waals surface area contributed by atoms with E-state index in [4.69, 9.17) is 0 Å². The molecule has 0 radical (unpaired) electrons. The van der Waals surface area contributed by atoms with Crippen molar-refractivity contribution in [2.24, 2.45) is 16.7 Å². The van der Waals surface area contributed by atoms with Crippen LogP contribution in [0, 0.1) is 23.7 Å². The lowest BCUT2D eigenvalue weighted by Gasteiger charge is -2.57. The predicted octanol–water partition coefficient (Wildman–Crippen LogP) is 7.72. The maximum atomic E-state index is 14.4. The molecule has 2 saturated heterocycles. The SMILES string of the molecule is Cc1ncsc1-c1ccc(CNC(=O)[C@@H]2CCCN2C(=O)[C@H](C(C)C)N2Cc3ccc(N4CCN(CCCc5ccc(C(=O)NC6C(C)(C)CC6(C)C)cc5)CC4)cc3C2=O)cc1. The number of nitrogens with one attached hydrogen (secondary N) is 2. The van der Waals surface area contributed by atoms with Gasteiger partial charge in [-0.2, -0.15) is 0 Å². The highest BCUT2D eigenvalue weighted by molar-refractivity contribution is 7.13. The van der Waals surface area contributed by atoms with E-state index in [1.807, 2.05) is 56.6 Å². The summed E-state index contributed by atoms with van der Waals surface area (Å²) in [5, 5.41) is 6.38. The molecule has 3 fully saturated rings. The first-order valence-corrected chi connectivity index (χ1v) is 23.9. The molecule has 4 heterocycles. The number of nitrogens with zero attached hydrogens (tertiary/aromatic N) is 5. The summed E-state index contributed by atoms with van der Waals surface area (Å²) in [5.41, 5.74) is 9.79. The number of aryl methyl sites for hydroxylation is 2. The third kappa shape index (κ3) is 9.44. The van der Waals surface area contributed by atoms with Crippen LogP contribution in [-0.4, -0.2) is 101 Å². The second kappa shape index (κ2) is 18.2. The van der Waals surface area contributed by atoms with Gasteiger partial charge in [-0.1, -0.05) is 84.0 Å². The highest BCUT2D eigenvalue weighted by atomic mass is 32.1. The molecule has 4 amide bonds. The lowest BCUT2D eigenvalue weighted by molar-refractivity contribution is -0.143. The third-order valence-electron chi connectivity index (χ3n) is 14.1. The number of amides is 4. The van der Waals surface area contributed by atoms with Crippen LogP contribution in [0.15, 0.2) is 72.2 Å². The van der Waals surface area contributed by atoms with Crippen LogP contribution in [0.2, 0.25) is 0 Å². The van der Waals surface area contributed by atoms with E-state index in [1.165, 1.54) is 5.56 Å². The summed E-state index contributed by atoms with van der Waals surface area (Å²) in [4.78, 5) is 69.0. The first kappa shape index (κ1) is 44.5. The van der Waals surface area contributed by atoms with Gasteiger partial charge in [-0.3, -0.25) is 24.1 Å². The zero-order valence-corrected chi connectivity index (χ0v) is 39.0. The number of piperazine rings is 1. The van der Waals surface area contributed by atoms with Crippen LogP contribution in [0.4, 0.5) is 5.69 Å². The van der Waals surface area contributed by atoms with Crippen LogP contribution >= 0.6 is 11.3 Å². The van der Waals surface area contributed by atoms with Gasteiger partial charge in [0.05, 0.1) is 16.1 Å². The number of carbonyl (C=O) groups excluding carboxylic acids is 4. The van der Waals surface area contributed by atoms with Crippen LogP contribution < -0.4 is 15.5 Å². The molecule has 3 aliphatic heterocycles. The summed E-state index contributed by atoms with van der Waals surface area (Å²) in [6.45, 7) is 20.8. The van der Waals surface area contributed by atoms with Crippen molar-refractivity contribution in [3.05, 3.63) is 106 Å². The zero-order chi connectivity index (χ0) is 44.6. The van der Waals surface area contributed by atoms with Crippen molar-refractivity contribution in [1.82, 2.24) is 30.3 Å². The Balaban J connectivity index is 0.807. The first-order chi connectivity index (χ1) is 30.1. The van der Waals surface area contributed by atoms with Gasteiger partial charge in [0.15, 0.2) is 0 Å². The molecule has 4 aliphatic rings. The number of anilines is 1. The Morgan fingerprint density at radius 3 is 2.24 bits per heavy atom. The van der Waals surface area contributed by atoms with Crippen LogP contribution in [-0.2, 0) is 29.1 Å². The Kier molecular flexibility index (Phi) is 12.9. The summed E-state index contributed by atoms with van der Waals surface area (Å²) >= 11 is 1.61. The third-order valence-corrected chi connectivity index (χ3v) is 15.0. The standard InChI is InChI=1S/C51H65N7O4S/c1-33(2)43(48(62)57-23-9-11-42(57)46(60)52-29-36-14-16-37(17-15-36)44-34(3)53-32-63-44)58-30-39-20-21-40(28-41(39)47(58)61)56-26-24-55(25-27-56)22-8-10-35-12-18-38(19-13-35)45(59)54-49-50(4,5)31-51(49,6)7/h12-21,28,32-33,42-43,49H,8-11,22-27,29-31H2,1-7H3,(H,52,60)(H,54,59)/t42-,43-/m0/s1. The molecule has 4 aromatic rings. The van der Waals surface area contributed by atoms with Crippen LogP contribution in [0.5, 0.6) is 0 Å². The fraction of sp³-hybridized carbons (Fsp3) is 0.510. The van der Waals surface area contributed by atoms with E-state index in [0.717, 1.165) is 96.9 Å². The molecule has 334 valence electrons. The number of rotatable bonds is 14. The normalized spacial score (nSPS) is 20.2. The molecule has 1 aliphatic carbocycles. The van der Waals surface area contributed by atoms with Crippen LogP contribution in [0.1, 0.15) is 110 Å². The number of carbonyl (C=O) groups is 4. The Labute approximate surface area is 377 Å². The Hall–Kier alpha value is -5.07. The van der Waals surface area contributed by atoms with Crippen molar-refractivity contribution < 1.29 is 19.2 Å². The minimum absolute atomic E-state index is 0.0105. The minimum atomic E-state index is -0.664. The molecule has 0 spiro atoms. The lowest BCUT2D eigenvalue weighted by atomic mass is 9.52.